The SMILES string of the molecule is CCCCCCCCc1cc(-c2c3c[c]([Sn]([CH3])([CH3])[CH3])sc3c(-c3cc(CCCCCCCC)c(CC(CC)CCCC)s3)c3c[c]([Sn]([CH3])([CH3])[CH3])sc23)sc1CC(CC)CCCC. The molecule has 0 nitrogen and oxygen atoms in total. The van der Waals surface area contributed by atoms with Gasteiger partial charge in [-0.25, -0.2) is 0 Å². The molecule has 0 fully saturated rings. The summed E-state index contributed by atoms with van der Waals surface area (Å²) in [7, 11) is 0. The van der Waals surface area contributed by atoms with Gasteiger partial charge in [0.25, 0.3) is 0 Å². The Hall–Kier alpha value is 0.137. The molecule has 6 heteroatoms. The third-order valence-corrected chi connectivity index (χ3v) is 37.4. The number of hydrogen-bond acceptors (Lipinski definition) is 4. The Morgan fingerprint density at radius 2 is 0.774 bits per heavy atom. The predicted octanol–water partition coefficient (Wildman–Crippen LogP) is 20.0. The molecule has 0 aliphatic rings. The van der Waals surface area contributed by atoms with Crippen molar-refractivity contribution in [2.24, 2.45) is 11.8 Å². The van der Waals surface area contributed by atoms with Crippen molar-refractivity contribution in [1.29, 1.82) is 0 Å². The van der Waals surface area contributed by atoms with E-state index < -0.39 is 36.8 Å². The van der Waals surface area contributed by atoms with Gasteiger partial charge in [0.05, 0.1) is 0 Å². The fourth-order valence-corrected chi connectivity index (χ4v) is 25.3. The van der Waals surface area contributed by atoms with Crippen molar-refractivity contribution in [2.45, 2.75) is 225 Å². The molecule has 0 bridgehead atoms. The molecule has 62 heavy (non-hydrogen) atoms. The zero-order valence-electron chi connectivity index (χ0n) is 42.1. The quantitative estimate of drug-likeness (QED) is 0.0318. The molecule has 0 N–H and O–H groups in total. The number of rotatable bonds is 30. The number of benzene rings is 1. The fraction of sp³-hybridized carbons (Fsp3) is 0.679. The molecule has 0 amide bonds. The van der Waals surface area contributed by atoms with Crippen LogP contribution in [0.1, 0.15) is 191 Å². The molecule has 5 aromatic rings. The summed E-state index contributed by atoms with van der Waals surface area (Å²) in [6.07, 6.45) is 32.2. The second-order valence-electron chi connectivity index (χ2n) is 21.4. The molecule has 0 saturated heterocycles. The normalized spacial score (nSPS) is 13.6. The van der Waals surface area contributed by atoms with Crippen LogP contribution in [0.3, 0.4) is 0 Å². The maximum absolute atomic E-state index is 2.76. The zero-order chi connectivity index (χ0) is 44.9. The summed E-state index contributed by atoms with van der Waals surface area (Å²) >= 11 is 4.00. The fourth-order valence-electron chi connectivity index (χ4n) is 9.55. The van der Waals surface area contributed by atoms with E-state index in [0.717, 1.165) is 11.8 Å². The molecule has 0 saturated carbocycles. The molecule has 2 atom stereocenters. The first-order chi connectivity index (χ1) is 29.8. The predicted molar refractivity (Wildman–Crippen MR) is 298 cm³/mol. The van der Waals surface area contributed by atoms with Crippen molar-refractivity contribution < 1.29 is 0 Å². The Balaban J connectivity index is 1.73. The second-order valence-corrected chi connectivity index (χ2v) is 56.6. The number of fused-ring (bicyclic) bond motifs is 2. The Morgan fingerprint density at radius 1 is 0.419 bits per heavy atom. The van der Waals surface area contributed by atoms with Crippen molar-refractivity contribution >= 4 is 108 Å². The minimum atomic E-state index is -2.43. The van der Waals surface area contributed by atoms with Crippen LogP contribution in [0.15, 0.2) is 24.3 Å². The van der Waals surface area contributed by atoms with Crippen molar-refractivity contribution in [3.05, 3.63) is 45.1 Å². The van der Waals surface area contributed by atoms with E-state index in [1.54, 1.807) is 67.7 Å². The van der Waals surface area contributed by atoms with E-state index >= 15 is 0 Å². The van der Waals surface area contributed by atoms with Gasteiger partial charge in [-0.2, -0.15) is 0 Å². The first-order valence-corrected chi connectivity index (χ1v) is 49.3. The number of hydrogen-bond donors (Lipinski definition) is 0. The summed E-state index contributed by atoms with van der Waals surface area (Å²) in [6, 6.07) is 11.0. The summed E-state index contributed by atoms with van der Waals surface area (Å²) < 4.78 is 6.71. The van der Waals surface area contributed by atoms with Crippen molar-refractivity contribution in [3.63, 3.8) is 0 Å². The van der Waals surface area contributed by atoms with E-state index in [1.165, 1.54) is 154 Å². The summed E-state index contributed by atoms with van der Waals surface area (Å²) in [4.78, 5) is 22.5. The summed E-state index contributed by atoms with van der Waals surface area (Å²) in [6.45, 7) is 14.3. The van der Waals surface area contributed by atoms with Crippen LogP contribution in [0.2, 0.25) is 29.6 Å². The number of unbranched alkanes of at least 4 members (excludes halogenated alkanes) is 12. The molecule has 4 heterocycles. The van der Waals surface area contributed by atoms with Gasteiger partial charge < -0.3 is 0 Å². The molecule has 4 aromatic heterocycles. The van der Waals surface area contributed by atoms with Crippen LogP contribution in [0.25, 0.3) is 41.1 Å². The molecule has 0 spiro atoms. The van der Waals surface area contributed by atoms with E-state index in [-0.39, 0.29) is 0 Å². The van der Waals surface area contributed by atoms with Gasteiger partial charge in [-0.3, -0.25) is 0 Å². The Morgan fingerprint density at radius 3 is 1.11 bits per heavy atom. The van der Waals surface area contributed by atoms with Crippen LogP contribution in [0.4, 0.5) is 0 Å². The molecule has 0 aliphatic heterocycles. The average Bonchev–Trinajstić information content (AvgIpc) is 4.05. The van der Waals surface area contributed by atoms with Crippen molar-refractivity contribution in [2.75, 3.05) is 0 Å². The van der Waals surface area contributed by atoms with Crippen LogP contribution >= 0.6 is 45.3 Å². The van der Waals surface area contributed by atoms with Crippen molar-refractivity contribution in [3.8, 4) is 20.9 Å². The summed E-state index contributed by atoms with van der Waals surface area (Å²) in [5.41, 5.74) is 6.60. The van der Waals surface area contributed by atoms with Crippen LogP contribution in [0, 0.1) is 11.8 Å². The third-order valence-electron chi connectivity index (χ3n) is 13.9. The Labute approximate surface area is 407 Å². The van der Waals surface area contributed by atoms with Crippen molar-refractivity contribution in [1.82, 2.24) is 0 Å². The third kappa shape index (κ3) is 14.6. The Bertz CT molecular complexity index is 1870. The van der Waals surface area contributed by atoms with Crippen LogP contribution in [-0.4, -0.2) is 36.8 Å². The van der Waals surface area contributed by atoms with Gasteiger partial charge in [-0.15, -0.1) is 0 Å². The topological polar surface area (TPSA) is 0 Å². The van der Waals surface area contributed by atoms with Gasteiger partial charge in [-0.1, -0.05) is 53.4 Å². The van der Waals surface area contributed by atoms with Gasteiger partial charge in [0.2, 0.25) is 0 Å². The molecule has 0 aliphatic carbocycles. The molecule has 0 radical (unpaired) electrons. The van der Waals surface area contributed by atoms with Gasteiger partial charge in [0.15, 0.2) is 0 Å². The smallest absolute Gasteiger partial charge is 0.0654 e. The minimum absolute atomic E-state index is 0.797. The first-order valence-electron chi connectivity index (χ1n) is 26.0. The van der Waals surface area contributed by atoms with Crippen LogP contribution in [0.5, 0.6) is 0 Å². The molecule has 2 unspecified atom stereocenters. The summed E-state index contributed by atoms with van der Waals surface area (Å²) in [5.74, 6) is 1.59. The van der Waals surface area contributed by atoms with Crippen LogP contribution in [-0.2, 0) is 25.7 Å². The maximum atomic E-state index is 2.76. The van der Waals surface area contributed by atoms with E-state index in [0.29, 0.717) is 0 Å². The first kappa shape index (κ1) is 53.1. The van der Waals surface area contributed by atoms with Gasteiger partial charge in [0, 0.05) is 0 Å². The number of aryl methyl sites for hydroxylation is 2. The average molecular weight is 1130 g/mol. The van der Waals surface area contributed by atoms with E-state index in [4.69, 9.17) is 0 Å². The molecular weight excluding hydrogens is 1040 g/mol. The molecular formula is C56H90S4Sn2. The van der Waals surface area contributed by atoms with Gasteiger partial charge >= 0.3 is 358 Å². The van der Waals surface area contributed by atoms with Gasteiger partial charge in [0.1, 0.15) is 0 Å². The second kappa shape index (κ2) is 26.0. The summed E-state index contributed by atoms with van der Waals surface area (Å²) in [5, 5.41) is 3.19. The van der Waals surface area contributed by atoms with Crippen LogP contribution < -0.4 is 5.79 Å². The number of thiophene rings is 4. The van der Waals surface area contributed by atoms with Gasteiger partial charge in [-0.05, 0) is 0 Å². The minimum Gasteiger partial charge on any atom is -0.0654 e. The Kier molecular flexibility index (Phi) is 22.3. The monoisotopic (exact) mass is 1130 g/mol. The zero-order valence-corrected chi connectivity index (χ0v) is 51.0. The van der Waals surface area contributed by atoms with E-state index in [1.807, 2.05) is 0 Å². The van der Waals surface area contributed by atoms with E-state index in [9.17, 15) is 0 Å². The molecule has 5 rings (SSSR count). The standard InChI is InChI=1S/C50H72S4.6CH3.2Sn/c1-7-13-17-19-21-23-27-39-35-45(53-43(39)33-37(11-5)25-15-9-3)47-41-29-31-52-50(41)48(42-30-32-51-49(42)47)46-36-40(28-24-22-20-18-14-8-2)44(54-46)34-38(12-6)26-16-10-4;;;;;;;;/h29-30,35-38H,7-28,33-34H2,1-6H3;6*1H3;;. The van der Waals surface area contributed by atoms with E-state index in [2.05, 4.69) is 141 Å². The molecule has 346 valence electrons. The molecule has 1 aromatic carbocycles.